The first kappa shape index (κ1) is 13.3. The fourth-order valence-corrected chi connectivity index (χ4v) is 1.74. The zero-order valence-corrected chi connectivity index (χ0v) is 11.3. The molecule has 5 heteroatoms. The van der Waals surface area contributed by atoms with Crippen molar-refractivity contribution in [1.29, 1.82) is 0 Å². The van der Waals surface area contributed by atoms with Gasteiger partial charge in [0.15, 0.2) is 0 Å². The van der Waals surface area contributed by atoms with Crippen molar-refractivity contribution in [3.63, 3.8) is 0 Å². The lowest BCUT2D eigenvalue weighted by Gasteiger charge is -2.19. The third-order valence-electron chi connectivity index (χ3n) is 2.40. The van der Waals surface area contributed by atoms with Crippen molar-refractivity contribution in [2.24, 2.45) is 0 Å². The molecule has 0 saturated carbocycles. The Morgan fingerprint density at radius 3 is 2.63 bits per heavy atom. The van der Waals surface area contributed by atoms with Crippen LogP contribution in [0.15, 0.2) is 24.3 Å². The van der Waals surface area contributed by atoms with Gasteiger partial charge in [-0.3, -0.25) is 4.79 Å². The molecule has 0 fully saturated rings. The molecule has 2 rings (SSSR count). The van der Waals surface area contributed by atoms with E-state index in [0.717, 1.165) is 10.9 Å². The second kappa shape index (κ2) is 4.84. The summed E-state index contributed by atoms with van der Waals surface area (Å²) in [6, 6.07) is 7.43. The number of fused-ring (bicyclic) bond motifs is 1. The van der Waals surface area contributed by atoms with Crippen LogP contribution in [0.1, 0.15) is 26.6 Å². The lowest BCUT2D eigenvalue weighted by molar-refractivity contribution is -0.154. The minimum absolute atomic E-state index is 0.0201. The van der Waals surface area contributed by atoms with Gasteiger partial charge in [-0.25, -0.2) is 9.97 Å². The van der Waals surface area contributed by atoms with Crippen LogP contribution in [0, 0.1) is 0 Å². The van der Waals surface area contributed by atoms with Gasteiger partial charge >= 0.3 is 5.97 Å². The maximum absolute atomic E-state index is 11.7. The van der Waals surface area contributed by atoms with E-state index in [9.17, 15) is 4.79 Å². The molecule has 1 heterocycles. The molecule has 5 nitrogen and oxygen atoms in total. The normalized spacial score (nSPS) is 11.5. The van der Waals surface area contributed by atoms with Crippen LogP contribution < -0.4 is 5.73 Å². The van der Waals surface area contributed by atoms with Crippen molar-refractivity contribution in [3.05, 3.63) is 30.1 Å². The quantitative estimate of drug-likeness (QED) is 0.835. The maximum Gasteiger partial charge on any atom is 0.314 e. The zero-order valence-electron chi connectivity index (χ0n) is 11.3. The number of anilines is 1. The third-order valence-corrected chi connectivity index (χ3v) is 2.40. The predicted molar refractivity (Wildman–Crippen MR) is 73.5 cm³/mol. The predicted octanol–water partition coefficient (Wildman–Crippen LogP) is 2.10. The summed E-state index contributed by atoms with van der Waals surface area (Å²) < 4.78 is 5.23. The lowest BCUT2D eigenvalue weighted by Crippen LogP contribution is -2.25. The molecule has 0 unspecified atom stereocenters. The number of carbonyl (C=O) groups is 1. The first-order valence-corrected chi connectivity index (χ1v) is 6.08. The Bertz CT molecular complexity index is 618. The van der Waals surface area contributed by atoms with E-state index < -0.39 is 5.60 Å². The van der Waals surface area contributed by atoms with Crippen molar-refractivity contribution in [2.45, 2.75) is 32.8 Å². The van der Waals surface area contributed by atoms with Gasteiger partial charge in [-0.05, 0) is 32.9 Å². The summed E-state index contributed by atoms with van der Waals surface area (Å²) in [4.78, 5) is 20.2. The molecule has 100 valence electrons. The minimum atomic E-state index is -0.514. The van der Waals surface area contributed by atoms with Gasteiger partial charge < -0.3 is 10.5 Å². The topological polar surface area (TPSA) is 78.1 Å². The fourth-order valence-electron chi connectivity index (χ4n) is 1.74. The van der Waals surface area contributed by atoms with E-state index in [-0.39, 0.29) is 12.4 Å². The smallest absolute Gasteiger partial charge is 0.314 e. The highest BCUT2D eigenvalue weighted by Crippen LogP contribution is 2.17. The second-order valence-corrected chi connectivity index (χ2v) is 5.31. The Morgan fingerprint density at radius 1 is 1.26 bits per heavy atom. The van der Waals surface area contributed by atoms with Crippen molar-refractivity contribution in [2.75, 3.05) is 5.73 Å². The van der Waals surface area contributed by atoms with Crippen molar-refractivity contribution < 1.29 is 9.53 Å². The number of benzene rings is 1. The van der Waals surface area contributed by atoms with E-state index >= 15 is 0 Å². The van der Waals surface area contributed by atoms with E-state index in [2.05, 4.69) is 9.97 Å². The Kier molecular flexibility index (Phi) is 3.38. The standard InChI is InChI=1S/C14H17N3O2/c1-14(2,3)19-12(18)8-11-16-10-7-5-4-6-9(10)13(15)17-11/h4-7H,8H2,1-3H3,(H2,15,16,17). The average Bonchev–Trinajstić information content (AvgIpc) is 2.26. The number of nitrogens with zero attached hydrogens (tertiary/aromatic N) is 2. The third kappa shape index (κ3) is 3.40. The second-order valence-electron chi connectivity index (χ2n) is 5.31. The number of aromatic nitrogens is 2. The van der Waals surface area contributed by atoms with Crippen LogP contribution in [0.5, 0.6) is 0 Å². The molecule has 0 amide bonds. The molecule has 0 saturated heterocycles. The van der Waals surface area contributed by atoms with Crippen LogP contribution in [0.2, 0.25) is 0 Å². The molecule has 2 N–H and O–H groups in total. The number of para-hydroxylation sites is 1. The van der Waals surface area contributed by atoms with Crippen LogP contribution in [-0.2, 0) is 16.0 Å². The summed E-state index contributed by atoms with van der Waals surface area (Å²) >= 11 is 0. The number of rotatable bonds is 2. The van der Waals surface area contributed by atoms with Gasteiger partial charge in [-0.1, -0.05) is 12.1 Å². The van der Waals surface area contributed by atoms with E-state index in [1.54, 1.807) is 0 Å². The lowest BCUT2D eigenvalue weighted by atomic mass is 10.2. The molecule has 19 heavy (non-hydrogen) atoms. The van der Waals surface area contributed by atoms with Gasteiger partial charge in [0.2, 0.25) is 0 Å². The SMILES string of the molecule is CC(C)(C)OC(=O)Cc1nc(N)c2ccccc2n1. The molecule has 0 aliphatic carbocycles. The van der Waals surface area contributed by atoms with Crippen LogP contribution in [0.25, 0.3) is 10.9 Å². The first-order valence-electron chi connectivity index (χ1n) is 6.08. The van der Waals surface area contributed by atoms with E-state index in [1.165, 1.54) is 0 Å². The number of nitrogen functional groups attached to an aromatic ring is 1. The van der Waals surface area contributed by atoms with Gasteiger partial charge in [0.05, 0.1) is 5.52 Å². The average molecular weight is 259 g/mol. The molecule has 0 radical (unpaired) electrons. The molecule has 0 atom stereocenters. The number of carbonyl (C=O) groups excluding carboxylic acids is 1. The van der Waals surface area contributed by atoms with Crippen molar-refractivity contribution >= 4 is 22.7 Å². The van der Waals surface area contributed by atoms with Crippen molar-refractivity contribution in [1.82, 2.24) is 9.97 Å². The molecule has 1 aromatic carbocycles. The van der Waals surface area contributed by atoms with E-state index in [0.29, 0.717) is 11.6 Å². The maximum atomic E-state index is 11.7. The van der Waals surface area contributed by atoms with Gasteiger partial charge in [0.1, 0.15) is 23.7 Å². The Morgan fingerprint density at radius 2 is 1.95 bits per heavy atom. The molecular formula is C14H17N3O2. The monoisotopic (exact) mass is 259 g/mol. The summed E-state index contributed by atoms with van der Waals surface area (Å²) in [6.45, 7) is 5.46. The van der Waals surface area contributed by atoms with Crippen molar-refractivity contribution in [3.8, 4) is 0 Å². The molecule has 0 spiro atoms. The van der Waals surface area contributed by atoms with Crippen LogP contribution in [-0.4, -0.2) is 21.5 Å². The summed E-state index contributed by atoms with van der Waals surface area (Å²) in [7, 11) is 0. The Balaban J connectivity index is 2.24. The van der Waals surface area contributed by atoms with Gasteiger partial charge in [-0.15, -0.1) is 0 Å². The molecule has 0 aliphatic rings. The highest BCUT2D eigenvalue weighted by molar-refractivity contribution is 5.88. The molecule has 1 aromatic heterocycles. The van der Waals surface area contributed by atoms with Crippen LogP contribution in [0.3, 0.4) is 0 Å². The minimum Gasteiger partial charge on any atom is -0.460 e. The highest BCUT2D eigenvalue weighted by Gasteiger charge is 2.18. The van der Waals surface area contributed by atoms with Gasteiger partial charge in [0, 0.05) is 5.39 Å². The summed E-state index contributed by atoms with van der Waals surface area (Å²) in [6.07, 6.45) is 0.0201. The zero-order chi connectivity index (χ0) is 14.0. The number of nitrogens with two attached hydrogens (primary N) is 1. The van der Waals surface area contributed by atoms with E-state index in [1.807, 2.05) is 45.0 Å². The van der Waals surface area contributed by atoms with Crippen LogP contribution in [0.4, 0.5) is 5.82 Å². The molecule has 2 aromatic rings. The summed E-state index contributed by atoms with van der Waals surface area (Å²) in [5.41, 5.74) is 6.07. The molecule has 0 aliphatic heterocycles. The number of esters is 1. The van der Waals surface area contributed by atoms with Gasteiger partial charge in [0.25, 0.3) is 0 Å². The number of hydrogen-bond acceptors (Lipinski definition) is 5. The van der Waals surface area contributed by atoms with Crippen LogP contribution >= 0.6 is 0 Å². The fraction of sp³-hybridized carbons (Fsp3) is 0.357. The highest BCUT2D eigenvalue weighted by atomic mass is 16.6. The Labute approximate surface area is 111 Å². The Hall–Kier alpha value is -2.17. The van der Waals surface area contributed by atoms with Gasteiger partial charge in [-0.2, -0.15) is 0 Å². The first-order chi connectivity index (χ1) is 8.85. The summed E-state index contributed by atoms with van der Waals surface area (Å²) in [5.74, 6) is 0.400. The number of ether oxygens (including phenoxy) is 1. The number of hydrogen-bond donors (Lipinski definition) is 1. The largest absolute Gasteiger partial charge is 0.460 e. The summed E-state index contributed by atoms with van der Waals surface area (Å²) in [5, 5.41) is 0.787. The molecular weight excluding hydrogens is 242 g/mol. The molecule has 0 bridgehead atoms. The van der Waals surface area contributed by atoms with E-state index in [4.69, 9.17) is 10.5 Å².